The normalized spacial score (nSPS) is 21.1. The highest BCUT2D eigenvalue weighted by Gasteiger charge is 2.31. The third-order valence-corrected chi connectivity index (χ3v) is 5.33. The summed E-state index contributed by atoms with van der Waals surface area (Å²) in [6.07, 6.45) is 5.33. The van der Waals surface area contributed by atoms with Crippen molar-refractivity contribution in [1.82, 2.24) is 19.7 Å². The molecule has 2 aromatic rings. The van der Waals surface area contributed by atoms with Gasteiger partial charge in [-0.05, 0) is 13.3 Å². The Labute approximate surface area is 116 Å². The second-order valence-corrected chi connectivity index (χ2v) is 7.22. The first-order chi connectivity index (χ1) is 9.48. The number of hydrogen-bond donors (Lipinski definition) is 1. The molecule has 106 valence electrons. The van der Waals surface area contributed by atoms with Crippen LogP contribution in [0.4, 0.5) is 5.82 Å². The summed E-state index contributed by atoms with van der Waals surface area (Å²) in [5, 5.41) is 4.47. The summed E-state index contributed by atoms with van der Waals surface area (Å²) in [7, 11) is -2.97. The first kappa shape index (κ1) is 13.0. The summed E-state index contributed by atoms with van der Waals surface area (Å²) in [6.45, 7) is 1.87. The topological polar surface area (TPSA) is 104 Å². The minimum absolute atomic E-state index is 0.100. The zero-order valence-corrected chi connectivity index (χ0v) is 11.8. The van der Waals surface area contributed by atoms with E-state index in [1.54, 1.807) is 17.1 Å². The van der Waals surface area contributed by atoms with Crippen molar-refractivity contribution in [2.24, 2.45) is 0 Å². The van der Waals surface area contributed by atoms with Crippen molar-refractivity contribution in [1.29, 1.82) is 0 Å². The van der Waals surface area contributed by atoms with Crippen molar-refractivity contribution >= 4 is 15.7 Å². The van der Waals surface area contributed by atoms with Gasteiger partial charge in [0.15, 0.2) is 9.84 Å². The van der Waals surface area contributed by atoms with Crippen LogP contribution < -0.4 is 5.73 Å². The Morgan fingerprint density at radius 2 is 2.05 bits per heavy atom. The lowest BCUT2D eigenvalue weighted by atomic mass is 10.1. The van der Waals surface area contributed by atoms with Crippen LogP contribution in [-0.2, 0) is 9.84 Å². The van der Waals surface area contributed by atoms with Crippen LogP contribution in [0.5, 0.6) is 0 Å². The van der Waals surface area contributed by atoms with Gasteiger partial charge in [0.1, 0.15) is 17.8 Å². The molecule has 3 heterocycles. The number of nitrogen functional groups attached to an aromatic ring is 1. The Balaban J connectivity index is 2.03. The molecule has 0 spiro atoms. The lowest BCUT2D eigenvalue weighted by Crippen LogP contribution is -2.14. The Morgan fingerprint density at radius 1 is 1.35 bits per heavy atom. The van der Waals surface area contributed by atoms with Crippen LogP contribution in [0, 0.1) is 6.92 Å². The van der Waals surface area contributed by atoms with Gasteiger partial charge >= 0.3 is 0 Å². The number of nitrogens with two attached hydrogens (primary N) is 1. The van der Waals surface area contributed by atoms with Crippen molar-refractivity contribution in [2.45, 2.75) is 19.4 Å². The smallest absolute Gasteiger partial charge is 0.152 e. The number of aromatic nitrogens is 4. The molecule has 0 aromatic carbocycles. The van der Waals surface area contributed by atoms with E-state index in [4.69, 9.17) is 5.73 Å². The van der Waals surface area contributed by atoms with Crippen molar-refractivity contribution < 1.29 is 8.42 Å². The highest BCUT2D eigenvalue weighted by molar-refractivity contribution is 7.91. The quantitative estimate of drug-likeness (QED) is 0.869. The molecule has 2 aromatic heterocycles. The molecule has 1 aliphatic heterocycles. The minimum Gasteiger partial charge on any atom is -0.384 e. The summed E-state index contributed by atoms with van der Waals surface area (Å²) < 4.78 is 24.8. The molecular weight excluding hydrogens is 278 g/mol. The van der Waals surface area contributed by atoms with Crippen LogP contribution in [0.1, 0.15) is 18.0 Å². The van der Waals surface area contributed by atoms with Gasteiger partial charge in [0.2, 0.25) is 0 Å². The Bertz CT molecular complexity index is 739. The van der Waals surface area contributed by atoms with E-state index in [-0.39, 0.29) is 17.5 Å². The molecule has 0 saturated carbocycles. The van der Waals surface area contributed by atoms with E-state index in [2.05, 4.69) is 15.1 Å². The molecule has 1 fully saturated rings. The molecule has 0 aliphatic carbocycles. The van der Waals surface area contributed by atoms with E-state index < -0.39 is 9.84 Å². The van der Waals surface area contributed by atoms with Gasteiger partial charge in [0.05, 0.1) is 17.5 Å². The predicted molar refractivity (Wildman–Crippen MR) is 74.7 cm³/mol. The summed E-state index contributed by atoms with van der Waals surface area (Å²) in [5.41, 5.74) is 8.37. The Kier molecular flexibility index (Phi) is 2.97. The Hall–Kier alpha value is -1.96. The molecule has 1 aliphatic rings. The molecule has 3 rings (SSSR count). The third-order valence-electron chi connectivity index (χ3n) is 3.58. The molecule has 1 unspecified atom stereocenters. The van der Waals surface area contributed by atoms with Crippen LogP contribution >= 0.6 is 0 Å². The van der Waals surface area contributed by atoms with E-state index >= 15 is 0 Å². The molecule has 8 heteroatoms. The van der Waals surface area contributed by atoms with E-state index in [9.17, 15) is 8.42 Å². The zero-order chi connectivity index (χ0) is 14.3. The molecule has 1 atom stereocenters. The number of sulfone groups is 1. The fraction of sp³-hybridized carbons (Fsp3) is 0.417. The first-order valence-corrected chi connectivity index (χ1v) is 8.10. The van der Waals surface area contributed by atoms with Crippen LogP contribution in [0.3, 0.4) is 0 Å². The van der Waals surface area contributed by atoms with Crippen molar-refractivity contribution in [3.8, 4) is 11.3 Å². The first-order valence-electron chi connectivity index (χ1n) is 6.28. The van der Waals surface area contributed by atoms with Crippen molar-refractivity contribution in [3.05, 3.63) is 24.3 Å². The summed E-state index contributed by atoms with van der Waals surface area (Å²) >= 11 is 0. The highest BCUT2D eigenvalue weighted by atomic mass is 32.2. The number of hydrogen-bond acceptors (Lipinski definition) is 6. The summed E-state index contributed by atoms with van der Waals surface area (Å²) in [5.74, 6) is 0.800. The minimum atomic E-state index is -2.97. The van der Waals surface area contributed by atoms with Crippen LogP contribution in [0.15, 0.2) is 18.7 Å². The van der Waals surface area contributed by atoms with Crippen molar-refractivity contribution in [3.63, 3.8) is 0 Å². The molecule has 0 amide bonds. The number of nitrogens with zero attached hydrogens (tertiary/aromatic N) is 4. The standard InChI is InChI=1S/C12H15N5O2S/c1-8-11(9-4-14-7-15-5-9)16-17(12(8)13)10-2-3-20(18,19)6-10/h4-5,7,10H,2-3,6,13H2,1H3. The molecule has 0 bridgehead atoms. The lowest BCUT2D eigenvalue weighted by molar-refractivity contribution is 0.508. The van der Waals surface area contributed by atoms with E-state index in [0.717, 1.165) is 11.1 Å². The molecule has 1 saturated heterocycles. The van der Waals surface area contributed by atoms with Gasteiger partial charge in [-0.2, -0.15) is 5.10 Å². The summed E-state index contributed by atoms with van der Waals surface area (Å²) in [4.78, 5) is 7.93. The maximum absolute atomic E-state index is 11.6. The average Bonchev–Trinajstić information content (AvgIpc) is 2.93. The second-order valence-electron chi connectivity index (χ2n) is 4.99. The van der Waals surface area contributed by atoms with Crippen LogP contribution in [0.2, 0.25) is 0 Å². The molecule has 7 nitrogen and oxygen atoms in total. The van der Waals surface area contributed by atoms with Gasteiger partial charge < -0.3 is 5.73 Å². The van der Waals surface area contributed by atoms with Gasteiger partial charge in [-0.15, -0.1) is 0 Å². The van der Waals surface area contributed by atoms with Crippen molar-refractivity contribution in [2.75, 3.05) is 17.2 Å². The highest BCUT2D eigenvalue weighted by Crippen LogP contribution is 2.31. The molecular formula is C12H15N5O2S. The van der Waals surface area contributed by atoms with E-state index in [1.165, 1.54) is 6.33 Å². The largest absolute Gasteiger partial charge is 0.384 e. The zero-order valence-electron chi connectivity index (χ0n) is 11.0. The second kappa shape index (κ2) is 4.55. The van der Waals surface area contributed by atoms with E-state index in [1.807, 2.05) is 6.92 Å². The van der Waals surface area contributed by atoms with Crippen LogP contribution in [0.25, 0.3) is 11.3 Å². The van der Waals surface area contributed by atoms with Gasteiger partial charge in [0.25, 0.3) is 0 Å². The number of rotatable bonds is 2. The maximum Gasteiger partial charge on any atom is 0.152 e. The van der Waals surface area contributed by atoms with Gasteiger partial charge in [-0.25, -0.2) is 23.1 Å². The predicted octanol–water partition coefficient (Wildman–Crippen LogP) is 0.590. The number of anilines is 1. The van der Waals surface area contributed by atoms with Gasteiger partial charge in [-0.3, -0.25) is 0 Å². The maximum atomic E-state index is 11.6. The fourth-order valence-electron chi connectivity index (χ4n) is 2.47. The summed E-state index contributed by atoms with van der Waals surface area (Å²) in [6, 6.07) is -0.183. The fourth-order valence-corrected chi connectivity index (χ4v) is 4.16. The lowest BCUT2D eigenvalue weighted by Gasteiger charge is -2.10. The van der Waals surface area contributed by atoms with E-state index in [0.29, 0.717) is 17.9 Å². The average molecular weight is 293 g/mol. The SMILES string of the molecule is Cc1c(-c2cncnc2)nn(C2CCS(=O)(=O)C2)c1N. The van der Waals surface area contributed by atoms with Gasteiger partial charge in [0, 0.05) is 23.5 Å². The Morgan fingerprint density at radius 3 is 2.65 bits per heavy atom. The molecule has 0 radical (unpaired) electrons. The monoisotopic (exact) mass is 293 g/mol. The molecule has 2 N–H and O–H groups in total. The molecule has 20 heavy (non-hydrogen) atoms. The van der Waals surface area contributed by atoms with Crippen LogP contribution in [-0.4, -0.2) is 39.7 Å². The van der Waals surface area contributed by atoms with Gasteiger partial charge in [-0.1, -0.05) is 0 Å². The third kappa shape index (κ3) is 2.15.